The van der Waals surface area contributed by atoms with Crippen LogP contribution in [0.3, 0.4) is 0 Å². The average molecular weight is 352 g/mol. The normalized spacial score (nSPS) is 7.75. The third-order valence-corrected chi connectivity index (χ3v) is 1.63. The molecule has 1 atom stereocenters. The van der Waals surface area contributed by atoms with Crippen molar-refractivity contribution in [1.82, 2.24) is 0 Å². The molecular weight excluding hydrogens is 341 g/mol. The van der Waals surface area contributed by atoms with Crippen LogP contribution >= 0.6 is 9.24 Å². The van der Waals surface area contributed by atoms with Crippen molar-refractivity contribution >= 4 is 14.5 Å². The monoisotopic (exact) mass is 354 g/mol. The summed E-state index contributed by atoms with van der Waals surface area (Å²) in [7, 11) is 2.62. The minimum atomic E-state index is 0. The van der Waals surface area contributed by atoms with Crippen LogP contribution in [-0.2, 0) is 19.8 Å². The molecule has 0 spiro atoms. The SMILES string of the molecule is P[c-]1cccc1.[Os].[cH-]1[cH-][cH-][cH-][cH-]1. The fourth-order valence-electron chi connectivity index (χ4n) is 0.710. The van der Waals surface area contributed by atoms with Gasteiger partial charge in [-0.1, -0.05) is 0 Å². The van der Waals surface area contributed by atoms with Gasteiger partial charge in [-0.05, 0) is 0 Å². The van der Waals surface area contributed by atoms with Crippen molar-refractivity contribution in [2.24, 2.45) is 0 Å². The zero-order valence-corrected chi connectivity index (χ0v) is 10.3. The zero-order valence-electron chi connectivity index (χ0n) is 6.63. The first-order valence-electron chi connectivity index (χ1n) is 3.53. The Morgan fingerprint density at radius 3 is 1.33 bits per heavy atom. The van der Waals surface area contributed by atoms with Gasteiger partial charge >= 0.3 is 0 Å². The summed E-state index contributed by atoms with van der Waals surface area (Å²) < 4.78 is 0. The van der Waals surface area contributed by atoms with Crippen molar-refractivity contribution in [2.45, 2.75) is 0 Å². The summed E-state index contributed by atoms with van der Waals surface area (Å²) in [5.41, 5.74) is 0. The van der Waals surface area contributed by atoms with E-state index in [1.807, 2.05) is 54.6 Å². The third kappa shape index (κ3) is 5.42. The molecule has 0 aliphatic rings. The molecule has 0 heterocycles. The molecule has 0 N–H and O–H groups in total. The fraction of sp³-hybridized carbons (Fsp3) is 0. The van der Waals surface area contributed by atoms with Crippen LogP contribution in [-0.4, -0.2) is 0 Å². The van der Waals surface area contributed by atoms with Crippen molar-refractivity contribution in [3.8, 4) is 0 Å². The van der Waals surface area contributed by atoms with E-state index in [1.165, 1.54) is 5.30 Å². The maximum Gasteiger partial charge on any atom is 0 e. The Bertz CT molecular complexity index is 228. The molecule has 0 aliphatic carbocycles. The third-order valence-electron chi connectivity index (χ3n) is 1.24. The Kier molecular flexibility index (Phi) is 7.27. The maximum atomic E-state index is 2.62. The van der Waals surface area contributed by atoms with Crippen molar-refractivity contribution in [1.29, 1.82) is 0 Å². The molecule has 2 rings (SSSR count). The molecular formula is C10H11OsP-6. The quantitative estimate of drug-likeness (QED) is 0.504. The summed E-state index contributed by atoms with van der Waals surface area (Å²) >= 11 is 0. The molecule has 2 aromatic carbocycles. The van der Waals surface area contributed by atoms with Crippen LogP contribution in [0.4, 0.5) is 0 Å². The summed E-state index contributed by atoms with van der Waals surface area (Å²) in [4.78, 5) is 0. The Hall–Kier alpha value is -0.234. The summed E-state index contributed by atoms with van der Waals surface area (Å²) in [5, 5.41) is 1.26. The van der Waals surface area contributed by atoms with Gasteiger partial charge in [0.1, 0.15) is 0 Å². The number of hydrogen-bond donors (Lipinski definition) is 0. The van der Waals surface area contributed by atoms with Gasteiger partial charge in [-0.15, -0.1) is 5.30 Å². The van der Waals surface area contributed by atoms with Crippen molar-refractivity contribution < 1.29 is 19.8 Å². The summed E-state index contributed by atoms with van der Waals surface area (Å²) in [6.45, 7) is 0. The molecule has 0 saturated carbocycles. The van der Waals surface area contributed by atoms with Crippen LogP contribution in [0.25, 0.3) is 0 Å². The van der Waals surface area contributed by atoms with E-state index in [0.29, 0.717) is 0 Å². The molecule has 1 unspecified atom stereocenters. The molecule has 0 nitrogen and oxygen atoms in total. The van der Waals surface area contributed by atoms with Crippen molar-refractivity contribution in [3.05, 3.63) is 54.6 Å². The Morgan fingerprint density at radius 2 is 1.17 bits per heavy atom. The molecule has 2 aromatic rings. The van der Waals surface area contributed by atoms with E-state index in [4.69, 9.17) is 0 Å². The topological polar surface area (TPSA) is 0 Å². The zero-order chi connectivity index (χ0) is 7.94. The van der Waals surface area contributed by atoms with Gasteiger partial charge in [-0.25, -0.2) is 12.1 Å². The van der Waals surface area contributed by atoms with Crippen LogP contribution < -0.4 is 5.30 Å². The molecule has 2 heteroatoms. The molecule has 0 bridgehead atoms. The van der Waals surface area contributed by atoms with Crippen LogP contribution in [0.15, 0.2) is 54.6 Å². The van der Waals surface area contributed by atoms with E-state index in [9.17, 15) is 0 Å². The minimum Gasteiger partial charge on any atom is -0.748 e. The predicted octanol–water partition coefficient (Wildman–Crippen LogP) is 2.31. The second kappa shape index (κ2) is 7.42. The molecule has 0 radical (unpaired) electrons. The number of rotatable bonds is 0. The number of hydrogen-bond acceptors (Lipinski definition) is 0. The minimum absolute atomic E-state index is 0. The molecule has 70 valence electrons. The first-order valence-corrected chi connectivity index (χ1v) is 4.11. The standard InChI is InChI=1S/C5H6P.C5H5.Os/c6-5-3-1-2-4-5;1-2-4-5-3-1;/h1-4H,6H2;1-5H;/q-1;-5;. The molecule has 0 aliphatic heterocycles. The first kappa shape index (κ1) is 11.8. The largest absolute Gasteiger partial charge is 0.748 e. The Labute approximate surface area is 89.0 Å². The Balaban J connectivity index is 0.000000189. The molecule has 0 amide bonds. The van der Waals surface area contributed by atoms with Gasteiger partial charge < -0.3 is 30.3 Å². The smallest absolute Gasteiger partial charge is 0 e. The molecule has 0 aromatic heterocycles. The van der Waals surface area contributed by atoms with Crippen LogP contribution in [0.5, 0.6) is 0 Å². The van der Waals surface area contributed by atoms with Crippen LogP contribution in [0.1, 0.15) is 0 Å². The predicted molar refractivity (Wildman–Crippen MR) is 53.4 cm³/mol. The van der Waals surface area contributed by atoms with Gasteiger partial charge in [-0.2, -0.15) is 21.4 Å². The fourth-order valence-corrected chi connectivity index (χ4v) is 0.932. The van der Waals surface area contributed by atoms with E-state index >= 15 is 0 Å². The van der Waals surface area contributed by atoms with Crippen LogP contribution in [0, 0.1) is 0 Å². The average Bonchev–Trinajstić information content (AvgIpc) is 2.57. The van der Waals surface area contributed by atoms with E-state index in [2.05, 4.69) is 9.24 Å². The molecule has 0 saturated heterocycles. The van der Waals surface area contributed by atoms with Crippen molar-refractivity contribution in [2.75, 3.05) is 0 Å². The van der Waals surface area contributed by atoms with Crippen molar-refractivity contribution in [3.63, 3.8) is 0 Å². The van der Waals surface area contributed by atoms with E-state index in [-0.39, 0.29) is 19.8 Å². The van der Waals surface area contributed by atoms with Gasteiger partial charge in [0.15, 0.2) is 0 Å². The van der Waals surface area contributed by atoms with Crippen LogP contribution in [0.2, 0.25) is 0 Å². The van der Waals surface area contributed by atoms with Gasteiger partial charge in [0.05, 0.1) is 0 Å². The Morgan fingerprint density at radius 1 is 0.833 bits per heavy atom. The van der Waals surface area contributed by atoms with Gasteiger partial charge in [0, 0.05) is 19.8 Å². The summed E-state index contributed by atoms with van der Waals surface area (Å²) in [6, 6.07) is 18.1. The van der Waals surface area contributed by atoms with Gasteiger partial charge in [0.2, 0.25) is 0 Å². The first-order chi connectivity index (χ1) is 5.39. The maximum absolute atomic E-state index is 2.62. The van der Waals surface area contributed by atoms with E-state index in [0.717, 1.165) is 0 Å². The summed E-state index contributed by atoms with van der Waals surface area (Å²) in [5.74, 6) is 0. The molecule has 12 heavy (non-hydrogen) atoms. The summed E-state index contributed by atoms with van der Waals surface area (Å²) in [6.07, 6.45) is 0. The van der Waals surface area contributed by atoms with Gasteiger partial charge in [-0.3, -0.25) is 0 Å². The second-order valence-corrected chi connectivity index (χ2v) is 2.85. The molecule has 0 fully saturated rings. The van der Waals surface area contributed by atoms with E-state index in [1.54, 1.807) is 0 Å². The second-order valence-electron chi connectivity index (χ2n) is 2.18. The van der Waals surface area contributed by atoms with Gasteiger partial charge in [0.25, 0.3) is 0 Å². The van der Waals surface area contributed by atoms with E-state index < -0.39 is 0 Å².